The van der Waals surface area contributed by atoms with E-state index in [4.69, 9.17) is 4.42 Å². The van der Waals surface area contributed by atoms with E-state index < -0.39 is 0 Å². The van der Waals surface area contributed by atoms with E-state index in [1.807, 2.05) is 24.3 Å². The zero-order valence-electron chi connectivity index (χ0n) is 12.2. The zero-order valence-corrected chi connectivity index (χ0v) is 12.2. The Morgan fingerprint density at radius 1 is 0.810 bits per heavy atom. The fourth-order valence-corrected chi connectivity index (χ4v) is 2.40. The molecule has 0 fully saturated rings. The fourth-order valence-electron chi connectivity index (χ4n) is 2.40. The van der Waals surface area contributed by atoms with Crippen molar-refractivity contribution in [2.75, 3.05) is 5.32 Å². The first kappa shape index (κ1) is 13.5. The largest absolute Gasteiger partial charge is 0.464 e. The molecule has 2 nitrogen and oxygen atoms in total. The van der Waals surface area contributed by atoms with Gasteiger partial charge < -0.3 is 9.73 Å². The molecule has 2 heteroatoms. The molecule has 0 unspecified atom stereocenters. The molecule has 0 aliphatic carbocycles. The summed E-state index contributed by atoms with van der Waals surface area (Å²) < 4.78 is 5.74. The highest BCUT2D eigenvalue weighted by atomic mass is 16.3. The van der Waals surface area contributed by atoms with Crippen LogP contribution < -0.4 is 5.32 Å². The zero-order chi connectivity index (χ0) is 14.5. The van der Waals surface area contributed by atoms with Crippen LogP contribution in [0, 0.1) is 0 Å². The lowest BCUT2D eigenvalue weighted by molar-refractivity contribution is 0.476. The Morgan fingerprint density at radius 3 is 2.29 bits per heavy atom. The Kier molecular flexibility index (Phi) is 4.06. The van der Waals surface area contributed by atoms with Gasteiger partial charge in [-0.2, -0.15) is 0 Å². The van der Waals surface area contributed by atoms with Crippen LogP contribution in [-0.2, 0) is 13.0 Å². The summed E-state index contributed by atoms with van der Waals surface area (Å²) in [5, 5.41) is 3.47. The molecule has 3 rings (SSSR count). The van der Waals surface area contributed by atoms with E-state index in [1.54, 1.807) is 0 Å². The minimum Gasteiger partial charge on any atom is -0.464 e. The lowest BCUT2D eigenvalue weighted by Crippen LogP contribution is -1.99. The summed E-state index contributed by atoms with van der Waals surface area (Å²) in [6.45, 7) is 2.80. The summed E-state index contributed by atoms with van der Waals surface area (Å²) in [5.74, 6) is 2.00. The van der Waals surface area contributed by atoms with Crippen molar-refractivity contribution in [2.45, 2.75) is 19.9 Å². The Hall–Kier alpha value is -2.48. The van der Waals surface area contributed by atoms with E-state index in [0.717, 1.165) is 23.6 Å². The van der Waals surface area contributed by atoms with Crippen LogP contribution in [0.1, 0.15) is 18.4 Å². The average molecular weight is 277 g/mol. The highest BCUT2D eigenvalue weighted by Gasteiger charge is 2.05. The summed E-state index contributed by atoms with van der Waals surface area (Å²) in [6.07, 6.45) is 0.931. The van der Waals surface area contributed by atoms with Gasteiger partial charge in [-0.3, -0.25) is 0 Å². The fraction of sp³-hybridized carbons (Fsp3) is 0.158. The molecular formula is C19H19NO. The first-order chi connectivity index (χ1) is 10.4. The molecule has 0 saturated heterocycles. The monoisotopic (exact) mass is 277 g/mol. The van der Waals surface area contributed by atoms with Crippen molar-refractivity contribution >= 4 is 5.69 Å². The van der Waals surface area contributed by atoms with Crippen LogP contribution in [0.2, 0.25) is 0 Å². The second-order valence-electron chi connectivity index (χ2n) is 4.99. The third-order valence-electron chi connectivity index (χ3n) is 3.53. The van der Waals surface area contributed by atoms with Gasteiger partial charge in [0.15, 0.2) is 0 Å². The SMILES string of the molecule is CCc1ccc(CNc2ccccc2-c2ccccc2)o1. The molecule has 1 heterocycles. The minimum absolute atomic E-state index is 0.698. The molecule has 0 radical (unpaired) electrons. The second-order valence-corrected chi connectivity index (χ2v) is 4.99. The normalized spacial score (nSPS) is 10.5. The third-order valence-corrected chi connectivity index (χ3v) is 3.53. The Labute approximate surface area is 125 Å². The number of para-hydroxylation sites is 1. The van der Waals surface area contributed by atoms with Crippen LogP contribution in [0.4, 0.5) is 5.69 Å². The lowest BCUT2D eigenvalue weighted by atomic mass is 10.0. The predicted molar refractivity (Wildman–Crippen MR) is 87.3 cm³/mol. The van der Waals surface area contributed by atoms with E-state index in [-0.39, 0.29) is 0 Å². The topological polar surface area (TPSA) is 25.2 Å². The molecule has 0 aliphatic heterocycles. The van der Waals surface area contributed by atoms with Crippen LogP contribution in [0.3, 0.4) is 0 Å². The van der Waals surface area contributed by atoms with Crippen LogP contribution in [0.15, 0.2) is 71.1 Å². The Bertz CT molecular complexity index is 700. The van der Waals surface area contributed by atoms with Crippen LogP contribution in [0.5, 0.6) is 0 Å². The maximum absolute atomic E-state index is 5.74. The van der Waals surface area contributed by atoms with Gasteiger partial charge in [-0.15, -0.1) is 0 Å². The van der Waals surface area contributed by atoms with Crippen molar-refractivity contribution in [1.82, 2.24) is 0 Å². The third kappa shape index (κ3) is 3.16. The molecule has 1 N–H and O–H groups in total. The van der Waals surface area contributed by atoms with Crippen molar-refractivity contribution in [2.24, 2.45) is 0 Å². The molecule has 1 aromatic heterocycles. The molecule has 106 valence electrons. The van der Waals surface area contributed by atoms with Gasteiger partial charge in [0.05, 0.1) is 6.54 Å². The van der Waals surface area contributed by atoms with Gasteiger partial charge in [0.1, 0.15) is 11.5 Å². The van der Waals surface area contributed by atoms with Gasteiger partial charge in [-0.05, 0) is 23.8 Å². The van der Waals surface area contributed by atoms with Crippen LogP contribution in [0.25, 0.3) is 11.1 Å². The molecule has 2 aromatic carbocycles. The predicted octanol–water partition coefficient (Wildman–Crippen LogP) is 5.12. The maximum atomic E-state index is 5.74. The van der Waals surface area contributed by atoms with Gasteiger partial charge in [0, 0.05) is 17.7 Å². The van der Waals surface area contributed by atoms with E-state index in [1.165, 1.54) is 11.1 Å². The number of aryl methyl sites for hydroxylation is 1. The van der Waals surface area contributed by atoms with Gasteiger partial charge in [0.25, 0.3) is 0 Å². The van der Waals surface area contributed by atoms with Crippen molar-refractivity contribution in [1.29, 1.82) is 0 Å². The molecule has 0 saturated carbocycles. The lowest BCUT2D eigenvalue weighted by Gasteiger charge is -2.11. The average Bonchev–Trinajstić information content (AvgIpc) is 3.02. The molecular weight excluding hydrogens is 258 g/mol. The quantitative estimate of drug-likeness (QED) is 0.700. The molecule has 3 aromatic rings. The molecule has 0 spiro atoms. The van der Waals surface area contributed by atoms with Crippen molar-refractivity contribution < 1.29 is 4.42 Å². The second kappa shape index (κ2) is 6.31. The van der Waals surface area contributed by atoms with Crippen molar-refractivity contribution in [3.63, 3.8) is 0 Å². The highest BCUT2D eigenvalue weighted by Crippen LogP contribution is 2.28. The number of hydrogen-bond donors (Lipinski definition) is 1. The van der Waals surface area contributed by atoms with Gasteiger partial charge in [-0.1, -0.05) is 55.5 Å². The Balaban J connectivity index is 1.79. The maximum Gasteiger partial charge on any atom is 0.123 e. The summed E-state index contributed by atoms with van der Waals surface area (Å²) in [6, 6.07) is 22.8. The number of rotatable bonds is 5. The van der Waals surface area contributed by atoms with Crippen LogP contribution in [-0.4, -0.2) is 0 Å². The van der Waals surface area contributed by atoms with E-state index in [2.05, 4.69) is 54.7 Å². The van der Waals surface area contributed by atoms with E-state index in [0.29, 0.717) is 6.54 Å². The van der Waals surface area contributed by atoms with E-state index in [9.17, 15) is 0 Å². The van der Waals surface area contributed by atoms with Crippen LogP contribution >= 0.6 is 0 Å². The number of hydrogen-bond acceptors (Lipinski definition) is 2. The first-order valence-corrected chi connectivity index (χ1v) is 7.32. The summed E-state index contributed by atoms with van der Waals surface area (Å²) in [5.41, 5.74) is 3.55. The molecule has 0 atom stereocenters. The summed E-state index contributed by atoms with van der Waals surface area (Å²) in [7, 11) is 0. The number of nitrogens with one attached hydrogen (secondary N) is 1. The van der Waals surface area contributed by atoms with Gasteiger partial charge in [0.2, 0.25) is 0 Å². The summed E-state index contributed by atoms with van der Waals surface area (Å²) >= 11 is 0. The number of benzene rings is 2. The number of anilines is 1. The van der Waals surface area contributed by atoms with Crippen molar-refractivity contribution in [3.8, 4) is 11.1 Å². The molecule has 21 heavy (non-hydrogen) atoms. The van der Waals surface area contributed by atoms with Gasteiger partial charge in [-0.25, -0.2) is 0 Å². The summed E-state index contributed by atoms with van der Waals surface area (Å²) in [4.78, 5) is 0. The standard InChI is InChI=1S/C19H19NO/c1-2-16-12-13-17(21-16)14-20-19-11-7-6-10-18(19)15-8-4-3-5-9-15/h3-13,20H,2,14H2,1H3. The number of furan rings is 1. The first-order valence-electron chi connectivity index (χ1n) is 7.32. The minimum atomic E-state index is 0.698. The Morgan fingerprint density at radius 2 is 1.52 bits per heavy atom. The highest BCUT2D eigenvalue weighted by molar-refractivity contribution is 5.77. The smallest absolute Gasteiger partial charge is 0.123 e. The molecule has 0 aliphatic rings. The molecule has 0 bridgehead atoms. The molecule has 0 amide bonds. The van der Waals surface area contributed by atoms with Crippen molar-refractivity contribution in [3.05, 3.63) is 78.3 Å². The van der Waals surface area contributed by atoms with E-state index >= 15 is 0 Å². The van der Waals surface area contributed by atoms with Gasteiger partial charge >= 0.3 is 0 Å².